The second kappa shape index (κ2) is 9.26. The smallest absolute Gasteiger partial charge is 0.265 e. The van der Waals surface area contributed by atoms with Gasteiger partial charge in [-0.2, -0.15) is 0 Å². The van der Waals surface area contributed by atoms with Gasteiger partial charge in [-0.1, -0.05) is 43.0 Å². The lowest BCUT2D eigenvalue weighted by Gasteiger charge is -2.09. The molecule has 164 valence electrons. The molecule has 0 spiro atoms. The molecule has 0 saturated heterocycles. The molecule has 4 aromatic rings. The van der Waals surface area contributed by atoms with Gasteiger partial charge in [0.25, 0.3) is 5.91 Å². The molecule has 0 bridgehead atoms. The third-order valence-corrected chi connectivity index (χ3v) is 7.99. The maximum absolute atomic E-state index is 12.9. The number of nitrogen functional groups attached to an aromatic ring is 1. The van der Waals surface area contributed by atoms with Crippen LogP contribution in [-0.4, -0.2) is 20.9 Å². The van der Waals surface area contributed by atoms with Crippen LogP contribution in [-0.2, 0) is 6.54 Å². The fraction of sp³-hybridized carbons (Fsp3) is 0.292. The van der Waals surface area contributed by atoms with Gasteiger partial charge in [-0.25, -0.2) is 0 Å². The molecule has 1 aliphatic rings. The predicted molar refractivity (Wildman–Crippen MR) is 132 cm³/mol. The van der Waals surface area contributed by atoms with Crippen LogP contribution in [0.5, 0.6) is 0 Å². The van der Waals surface area contributed by atoms with Crippen molar-refractivity contribution >= 4 is 40.0 Å². The zero-order chi connectivity index (χ0) is 21.9. The molecule has 1 aromatic carbocycles. The number of carbonyl (C=O) groups is 1. The number of amides is 1. The summed E-state index contributed by atoms with van der Waals surface area (Å²) in [5.74, 6) is 0.648. The van der Waals surface area contributed by atoms with Crippen molar-refractivity contribution in [2.45, 2.75) is 38.6 Å². The monoisotopic (exact) mass is 463 g/mol. The Morgan fingerprint density at radius 1 is 1.16 bits per heavy atom. The third kappa shape index (κ3) is 4.61. The van der Waals surface area contributed by atoms with Crippen molar-refractivity contribution in [1.82, 2.24) is 15.0 Å². The van der Waals surface area contributed by atoms with Crippen LogP contribution in [0, 0.1) is 5.92 Å². The van der Waals surface area contributed by atoms with Gasteiger partial charge < -0.3 is 11.1 Å². The SMILES string of the molecule is Nc1ccc(-c2cccs2)cc1NC(=O)c1ccc(-c2cn(CCC3CCCC3)nn2)s1. The lowest BCUT2D eigenvalue weighted by Crippen LogP contribution is -2.11. The number of nitrogens with zero attached hydrogens (tertiary/aromatic N) is 3. The normalized spacial score (nSPS) is 14.1. The van der Waals surface area contributed by atoms with E-state index in [4.69, 9.17) is 5.73 Å². The van der Waals surface area contributed by atoms with Crippen molar-refractivity contribution < 1.29 is 4.79 Å². The van der Waals surface area contributed by atoms with E-state index in [-0.39, 0.29) is 5.91 Å². The molecule has 1 aliphatic carbocycles. The first-order valence-corrected chi connectivity index (χ1v) is 12.6. The molecule has 1 saturated carbocycles. The lowest BCUT2D eigenvalue weighted by atomic mass is 10.0. The fourth-order valence-electron chi connectivity index (χ4n) is 4.18. The molecule has 5 rings (SSSR count). The van der Waals surface area contributed by atoms with Gasteiger partial charge in [0, 0.05) is 11.4 Å². The summed E-state index contributed by atoms with van der Waals surface area (Å²) in [4.78, 5) is 15.5. The summed E-state index contributed by atoms with van der Waals surface area (Å²) < 4.78 is 1.92. The molecule has 0 radical (unpaired) electrons. The zero-order valence-corrected chi connectivity index (χ0v) is 19.3. The van der Waals surface area contributed by atoms with Gasteiger partial charge in [0.15, 0.2) is 0 Å². The zero-order valence-electron chi connectivity index (χ0n) is 17.7. The number of benzene rings is 1. The molecule has 3 N–H and O–H groups in total. The van der Waals surface area contributed by atoms with Gasteiger partial charge >= 0.3 is 0 Å². The number of carbonyl (C=O) groups excluding carboxylic acids is 1. The average molecular weight is 464 g/mol. The average Bonchev–Trinajstić information content (AvgIpc) is 3.61. The van der Waals surface area contributed by atoms with Crippen molar-refractivity contribution in [3.8, 4) is 21.0 Å². The van der Waals surface area contributed by atoms with E-state index in [0.717, 1.165) is 39.9 Å². The summed E-state index contributed by atoms with van der Waals surface area (Å²) in [7, 11) is 0. The van der Waals surface area contributed by atoms with E-state index >= 15 is 0 Å². The Morgan fingerprint density at radius 2 is 2.03 bits per heavy atom. The Kier molecular flexibility index (Phi) is 6.05. The van der Waals surface area contributed by atoms with Gasteiger partial charge in [0.1, 0.15) is 5.69 Å². The molecule has 3 heterocycles. The van der Waals surface area contributed by atoms with Gasteiger partial charge in [-0.15, -0.1) is 27.8 Å². The number of nitrogens with two attached hydrogens (primary N) is 1. The van der Waals surface area contributed by atoms with Crippen molar-refractivity contribution in [2.24, 2.45) is 5.92 Å². The largest absolute Gasteiger partial charge is 0.397 e. The second-order valence-corrected chi connectivity index (χ2v) is 10.2. The van der Waals surface area contributed by atoms with Crippen molar-refractivity contribution in [2.75, 3.05) is 11.1 Å². The summed E-state index contributed by atoms with van der Waals surface area (Å²) in [6.07, 6.45) is 8.53. The molecule has 8 heteroatoms. The predicted octanol–water partition coefficient (Wildman–Crippen LogP) is 6.15. The number of aromatic nitrogens is 3. The summed E-state index contributed by atoms with van der Waals surface area (Å²) in [5.41, 5.74) is 9.11. The van der Waals surface area contributed by atoms with Crippen LogP contribution in [0.15, 0.2) is 54.0 Å². The first-order valence-electron chi connectivity index (χ1n) is 10.9. The van der Waals surface area contributed by atoms with Crippen LogP contribution in [0.4, 0.5) is 11.4 Å². The van der Waals surface area contributed by atoms with E-state index in [2.05, 4.69) is 15.6 Å². The highest BCUT2D eigenvalue weighted by molar-refractivity contribution is 7.17. The van der Waals surface area contributed by atoms with E-state index < -0.39 is 0 Å². The number of hydrogen-bond acceptors (Lipinski definition) is 6. The molecule has 0 aliphatic heterocycles. The molecule has 6 nitrogen and oxygen atoms in total. The van der Waals surface area contributed by atoms with E-state index in [0.29, 0.717) is 16.3 Å². The van der Waals surface area contributed by atoms with Crippen LogP contribution in [0.1, 0.15) is 41.8 Å². The first-order chi connectivity index (χ1) is 15.7. The van der Waals surface area contributed by atoms with Gasteiger partial charge in [0.05, 0.1) is 27.3 Å². The highest BCUT2D eigenvalue weighted by Crippen LogP contribution is 2.32. The highest BCUT2D eigenvalue weighted by Gasteiger charge is 2.17. The standard InChI is InChI=1S/C24H25N5OS2/c25-18-8-7-17(21-6-3-13-31-21)14-19(18)26-24(30)23-10-9-22(32-23)20-15-29(28-27-20)12-11-16-4-1-2-5-16/h3,6-10,13-16H,1-2,4-5,11-12,25H2,(H,26,30). The lowest BCUT2D eigenvalue weighted by molar-refractivity contribution is 0.103. The van der Waals surface area contributed by atoms with Crippen LogP contribution in [0.25, 0.3) is 21.0 Å². The topological polar surface area (TPSA) is 85.8 Å². The van der Waals surface area contributed by atoms with Crippen molar-refractivity contribution in [3.05, 3.63) is 58.9 Å². The molecule has 0 unspecified atom stereocenters. The molecule has 1 fully saturated rings. The van der Waals surface area contributed by atoms with Crippen molar-refractivity contribution in [1.29, 1.82) is 0 Å². The Hall–Kier alpha value is -2.97. The Morgan fingerprint density at radius 3 is 2.84 bits per heavy atom. The Labute approximate surface area is 195 Å². The molecular weight excluding hydrogens is 438 g/mol. The summed E-state index contributed by atoms with van der Waals surface area (Å²) in [5, 5.41) is 13.6. The summed E-state index contributed by atoms with van der Waals surface area (Å²) >= 11 is 3.06. The summed E-state index contributed by atoms with van der Waals surface area (Å²) in [6, 6.07) is 13.5. The maximum atomic E-state index is 12.9. The highest BCUT2D eigenvalue weighted by atomic mass is 32.1. The van der Waals surface area contributed by atoms with Crippen LogP contribution in [0.3, 0.4) is 0 Å². The van der Waals surface area contributed by atoms with Gasteiger partial charge in [-0.05, 0) is 53.6 Å². The minimum absolute atomic E-state index is 0.176. The van der Waals surface area contributed by atoms with E-state index in [1.54, 1.807) is 11.3 Å². The molecule has 32 heavy (non-hydrogen) atoms. The number of aryl methyl sites for hydroxylation is 1. The second-order valence-electron chi connectivity index (χ2n) is 8.20. The Bertz CT molecular complexity index is 1200. The third-order valence-electron chi connectivity index (χ3n) is 5.97. The van der Waals surface area contributed by atoms with Crippen molar-refractivity contribution in [3.63, 3.8) is 0 Å². The molecule has 3 aromatic heterocycles. The van der Waals surface area contributed by atoms with Crippen LogP contribution < -0.4 is 11.1 Å². The molecule has 0 atom stereocenters. The minimum atomic E-state index is -0.176. The maximum Gasteiger partial charge on any atom is 0.265 e. The number of thiophene rings is 2. The van der Waals surface area contributed by atoms with Gasteiger partial charge in [-0.3, -0.25) is 9.48 Å². The van der Waals surface area contributed by atoms with Gasteiger partial charge in [0.2, 0.25) is 0 Å². The number of nitrogens with one attached hydrogen (secondary N) is 1. The van der Waals surface area contributed by atoms with E-state index in [1.165, 1.54) is 37.0 Å². The quantitative estimate of drug-likeness (QED) is 0.322. The minimum Gasteiger partial charge on any atom is -0.397 e. The first kappa shape index (κ1) is 20.9. The van der Waals surface area contributed by atoms with Crippen LogP contribution >= 0.6 is 22.7 Å². The number of hydrogen-bond donors (Lipinski definition) is 2. The molecular formula is C24H25N5OS2. The van der Waals surface area contributed by atoms with E-state index in [9.17, 15) is 4.79 Å². The summed E-state index contributed by atoms with van der Waals surface area (Å²) in [6.45, 7) is 0.899. The fourth-order valence-corrected chi connectivity index (χ4v) is 5.75. The van der Waals surface area contributed by atoms with E-state index in [1.807, 2.05) is 58.7 Å². The Balaban J connectivity index is 1.26. The van der Waals surface area contributed by atoms with Crippen LogP contribution in [0.2, 0.25) is 0 Å². The molecule has 1 amide bonds. The number of anilines is 2. The number of rotatable bonds is 7.